The average Bonchev–Trinajstić information content (AvgIpc) is 2.36. The van der Waals surface area contributed by atoms with Crippen molar-refractivity contribution in [1.29, 1.82) is 0 Å². The van der Waals surface area contributed by atoms with E-state index in [-0.39, 0.29) is 17.9 Å². The summed E-state index contributed by atoms with van der Waals surface area (Å²) in [6.07, 6.45) is 1.36. The van der Waals surface area contributed by atoms with E-state index in [1.807, 2.05) is 38.1 Å². The van der Waals surface area contributed by atoms with Gasteiger partial charge in [-0.05, 0) is 44.4 Å². The Morgan fingerprint density at radius 1 is 1.32 bits per heavy atom. The van der Waals surface area contributed by atoms with Gasteiger partial charge >= 0.3 is 5.97 Å². The van der Waals surface area contributed by atoms with Crippen LogP contribution < -0.4 is 4.74 Å². The van der Waals surface area contributed by atoms with Crippen LogP contribution in [0.1, 0.15) is 32.3 Å². The van der Waals surface area contributed by atoms with E-state index in [0.29, 0.717) is 19.4 Å². The molecule has 1 aliphatic rings. The zero-order valence-electron chi connectivity index (χ0n) is 13.3. The lowest BCUT2D eigenvalue weighted by Gasteiger charge is -2.35. The van der Waals surface area contributed by atoms with E-state index < -0.39 is 11.9 Å². The topological polar surface area (TPSA) is 66.8 Å². The van der Waals surface area contributed by atoms with Crippen LogP contribution in [0.2, 0.25) is 0 Å². The van der Waals surface area contributed by atoms with Gasteiger partial charge in [-0.15, -0.1) is 0 Å². The van der Waals surface area contributed by atoms with Gasteiger partial charge in [0.2, 0.25) is 5.91 Å². The van der Waals surface area contributed by atoms with E-state index in [1.54, 1.807) is 11.9 Å². The minimum atomic E-state index is -0.870. The monoisotopic (exact) mass is 305 g/mol. The molecule has 0 aromatic heterocycles. The molecule has 1 N–H and O–H groups in total. The van der Waals surface area contributed by atoms with Gasteiger partial charge in [0.25, 0.3) is 0 Å². The molecule has 1 aromatic rings. The smallest absolute Gasteiger partial charge is 0.307 e. The first-order valence-electron chi connectivity index (χ1n) is 7.62. The summed E-state index contributed by atoms with van der Waals surface area (Å²) in [6.45, 7) is 4.38. The molecule has 1 fully saturated rings. The van der Waals surface area contributed by atoms with Crippen molar-refractivity contribution < 1.29 is 19.4 Å². The maximum Gasteiger partial charge on any atom is 0.307 e. The Morgan fingerprint density at radius 2 is 2.00 bits per heavy atom. The summed E-state index contributed by atoms with van der Waals surface area (Å²) < 4.78 is 5.64. The first-order valence-corrected chi connectivity index (χ1v) is 7.62. The second-order valence-electron chi connectivity index (χ2n) is 6.14. The van der Waals surface area contributed by atoms with Crippen LogP contribution >= 0.6 is 0 Å². The number of rotatable bonds is 6. The number of carboxylic acid groups (broad SMARTS) is 1. The zero-order valence-corrected chi connectivity index (χ0v) is 13.3. The highest BCUT2D eigenvalue weighted by atomic mass is 16.5. The zero-order chi connectivity index (χ0) is 16.3. The molecule has 2 atom stereocenters. The minimum Gasteiger partial charge on any atom is -0.491 e. The highest BCUT2D eigenvalue weighted by Gasteiger charge is 2.42. The number of carbonyl (C=O) groups is 2. The number of ether oxygens (including phenoxy) is 1. The third-order valence-corrected chi connectivity index (χ3v) is 3.97. The van der Waals surface area contributed by atoms with Crippen LogP contribution in [-0.4, -0.2) is 35.0 Å². The van der Waals surface area contributed by atoms with Crippen molar-refractivity contribution in [2.45, 2.75) is 39.3 Å². The predicted octanol–water partition coefficient (Wildman–Crippen LogP) is 2.54. The summed E-state index contributed by atoms with van der Waals surface area (Å²) in [5, 5.41) is 9.06. The number of amides is 1. The van der Waals surface area contributed by atoms with Crippen molar-refractivity contribution in [3.05, 3.63) is 29.8 Å². The molecule has 5 nitrogen and oxygen atoms in total. The van der Waals surface area contributed by atoms with Gasteiger partial charge in [-0.1, -0.05) is 12.1 Å². The maximum atomic E-state index is 12.3. The number of nitrogens with zero attached hydrogens (tertiary/aromatic N) is 1. The molecular formula is C17H23NO4. The lowest BCUT2D eigenvalue weighted by atomic mass is 9.73. The Balaban J connectivity index is 1.98. The predicted molar refractivity (Wildman–Crippen MR) is 82.5 cm³/mol. The number of carboxylic acids is 1. The Hall–Kier alpha value is -2.04. The lowest BCUT2D eigenvalue weighted by molar-refractivity contribution is -0.156. The van der Waals surface area contributed by atoms with Crippen LogP contribution in [0.25, 0.3) is 0 Å². The SMILES string of the molecule is CC(C)Oc1cccc(CN(C)C(=O)C2CCC2C(=O)O)c1. The Morgan fingerprint density at radius 3 is 2.55 bits per heavy atom. The number of benzene rings is 1. The standard InChI is InChI=1S/C17H23NO4/c1-11(2)22-13-6-4-5-12(9-13)10-18(3)16(19)14-7-8-15(14)17(20)21/h4-6,9,11,14-15H,7-8,10H2,1-3H3,(H,20,21). The van der Waals surface area contributed by atoms with E-state index in [0.717, 1.165) is 11.3 Å². The normalized spacial score (nSPS) is 20.4. The van der Waals surface area contributed by atoms with E-state index >= 15 is 0 Å². The summed E-state index contributed by atoms with van der Waals surface area (Å²) >= 11 is 0. The molecule has 1 saturated carbocycles. The van der Waals surface area contributed by atoms with Crippen LogP contribution in [0, 0.1) is 11.8 Å². The molecule has 0 saturated heterocycles. The first kappa shape index (κ1) is 16.3. The lowest BCUT2D eigenvalue weighted by Crippen LogP contribution is -2.44. The summed E-state index contributed by atoms with van der Waals surface area (Å²) in [4.78, 5) is 25.0. The Kier molecular flexibility index (Phi) is 5.06. The third-order valence-electron chi connectivity index (χ3n) is 3.97. The molecule has 120 valence electrons. The molecule has 0 bridgehead atoms. The van der Waals surface area contributed by atoms with Gasteiger partial charge in [-0.25, -0.2) is 0 Å². The van der Waals surface area contributed by atoms with E-state index in [2.05, 4.69) is 0 Å². The largest absolute Gasteiger partial charge is 0.491 e. The molecule has 1 aromatic carbocycles. The molecule has 0 heterocycles. The van der Waals surface area contributed by atoms with Crippen LogP contribution in [0.5, 0.6) is 5.75 Å². The van der Waals surface area contributed by atoms with Gasteiger partial charge in [0.15, 0.2) is 0 Å². The second kappa shape index (κ2) is 6.81. The fourth-order valence-electron chi connectivity index (χ4n) is 2.72. The van der Waals surface area contributed by atoms with Gasteiger partial charge in [0.05, 0.1) is 17.9 Å². The number of carbonyl (C=O) groups excluding carboxylic acids is 1. The van der Waals surface area contributed by atoms with Crippen LogP contribution in [-0.2, 0) is 16.1 Å². The van der Waals surface area contributed by atoms with E-state index in [9.17, 15) is 9.59 Å². The molecular weight excluding hydrogens is 282 g/mol. The van der Waals surface area contributed by atoms with Gasteiger partial charge in [0.1, 0.15) is 5.75 Å². The molecule has 0 radical (unpaired) electrons. The highest BCUT2D eigenvalue weighted by molar-refractivity contribution is 5.86. The molecule has 2 unspecified atom stereocenters. The third kappa shape index (κ3) is 3.78. The molecule has 2 rings (SSSR count). The Bertz CT molecular complexity index is 555. The number of hydrogen-bond acceptors (Lipinski definition) is 3. The van der Waals surface area contributed by atoms with Crippen molar-refractivity contribution in [2.24, 2.45) is 11.8 Å². The summed E-state index contributed by atoms with van der Waals surface area (Å²) in [5.41, 5.74) is 0.972. The first-order chi connectivity index (χ1) is 10.4. The van der Waals surface area contributed by atoms with Crippen molar-refractivity contribution in [1.82, 2.24) is 4.90 Å². The van der Waals surface area contributed by atoms with Gasteiger partial charge in [0, 0.05) is 13.6 Å². The van der Waals surface area contributed by atoms with Crippen molar-refractivity contribution in [3.8, 4) is 5.75 Å². The van der Waals surface area contributed by atoms with Gasteiger partial charge < -0.3 is 14.7 Å². The van der Waals surface area contributed by atoms with Gasteiger partial charge in [-0.2, -0.15) is 0 Å². The second-order valence-corrected chi connectivity index (χ2v) is 6.14. The van der Waals surface area contributed by atoms with Crippen LogP contribution in [0.15, 0.2) is 24.3 Å². The minimum absolute atomic E-state index is 0.0890. The quantitative estimate of drug-likeness (QED) is 0.877. The average molecular weight is 305 g/mol. The molecule has 1 amide bonds. The molecule has 0 aliphatic heterocycles. The number of aliphatic carboxylic acids is 1. The van der Waals surface area contributed by atoms with Crippen molar-refractivity contribution >= 4 is 11.9 Å². The van der Waals surface area contributed by atoms with Crippen LogP contribution in [0.4, 0.5) is 0 Å². The molecule has 5 heteroatoms. The van der Waals surface area contributed by atoms with Gasteiger partial charge in [-0.3, -0.25) is 9.59 Å². The highest BCUT2D eigenvalue weighted by Crippen LogP contribution is 2.36. The Labute approximate surface area is 130 Å². The number of hydrogen-bond donors (Lipinski definition) is 1. The van der Waals surface area contributed by atoms with Crippen LogP contribution in [0.3, 0.4) is 0 Å². The van der Waals surface area contributed by atoms with E-state index in [1.165, 1.54) is 0 Å². The summed E-state index contributed by atoms with van der Waals surface area (Å²) in [6, 6.07) is 7.64. The van der Waals surface area contributed by atoms with E-state index in [4.69, 9.17) is 9.84 Å². The fourth-order valence-corrected chi connectivity index (χ4v) is 2.72. The summed E-state index contributed by atoms with van der Waals surface area (Å²) in [5.74, 6) is -1.08. The molecule has 0 spiro atoms. The van der Waals surface area contributed by atoms with Crippen molar-refractivity contribution in [3.63, 3.8) is 0 Å². The fraction of sp³-hybridized carbons (Fsp3) is 0.529. The van der Waals surface area contributed by atoms with Crippen molar-refractivity contribution in [2.75, 3.05) is 7.05 Å². The molecule has 1 aliphatic carbocycles. The molecule has 22 heavy (non-hydrogen) atoms. The summed E-state index contributed by atoms with van der Waals surface area (Å²) in [7, 11) is 1.72. The maximum absolute atomic E-state index is 12.3.